The Morgan fingerprint density at radius 2 is 1.76 bits per heavy atom. The third-order valence-corrected chi connectivity index (χ3v) is 6.34. The van der Waals surface area contributed by atoms with Gasteiger partial charge in [0.1, 0.15) is 17.2 Å². The Morgan fingerprint density at radius 1 is 1.12 bits per heavy atom. The molecule has 34 heavy (non-hydrogen) atoms. The normalized spacial score (nSPS) is 11.7. The Morgan fingerprint density at radius 3 is 2.32 bits per heavy atom. The molecule has 0 aliphatic carbocycles. The fourth-order valence-electron chi connectivity index (χ4n) is 2.73. The Balaban J connectivity index is 1.88. The highest BCUT2D eigenvalue weighted by Crippen LogP contribution is 2.27. The number of halogens is 1. The molecule has 0 aromatic heterocycles. The van der Waals surface area contributed by atoms with E-state index in [2.05, 4.69) is 22.5 Å². The highest BCUT2D eigenvalue weighted by Gasteiger charge is 2.23. The number of hydrogen-bond acceptors (Lipinski definition) is 7. The van der Waals surface area contributed by atoms with E-state index in [-0.39, 0.29) is 30.5 Å². The van der Waals surface area contributed by atoms with E-state index in [9.17, 15) is 13.2 Å². The number of benzene rings is 2. The minimum absolute atomic E-state index is 0.00459. The summed E-state index contributed by atoms with van der Waals surface area (Å²) in [5, 5.41) is 0. The molecule has 10 heteroatoms. The molecule has 0 unspecified atom stereocenters. The van der Waals surface area contributed by atoms with Crippen LogP contribution in [0.2, 0.25) is 0 Å². The van der Waals surface area contributed by atoms with Crippen molar-refractivity contribution in [2.75, 3.05) is 13.2 Å². The Labute approximate surface area is 209 Å². The number of nitrogens with two attached hydrogens (primary N) is 1. The summed E-state index contributed by atoms with van der Waals surface area (Å²) in [4.78, 5) is 13.8. The average Bonchev–Trinajstić information content (AvgIpc) is 2.71. The molecule has 2 N–H and O–H groups in total. The van der Waals surface area contributed by atoms with Crippen molar-refractivity contribution in [3.05, 3.63) is 70.5 Å². The van der Waals surface area contributed by atoms with Gasteiger partial charge < -0.3 is 15.2 Å². The summed E-state index contributed by atoms with van der Waals surface area (Å²) in [5.41, 5.74) is 6.87. The first kappa shape index (κ1) is 27.7. The maximum absolute atomic E-state index is 12.4. The van der Waals surface area contributed by atoms with Crippen LogP contribution in [0.5, 0.6) is 5.75 Å². The number of amides is 1. The van der Waals surface area contributed by atoms with Gasteiger partial charge in [0.25, 0.3) is 10.1 Å². The van der Waals surface area contributed by atoms with Gasteiger partial charge in [0.2, 0.25) is 0 Å². The molecule has 0 aliphatic heterocycles. The molecular formula is C24H31BrN2O6S. The lowest BCUT2D eigenvalue weighted by Crippen LogP contribution is -2.37. The van der Waals surface area contributed by atoms with Gasteiger partial charge in [-0.2, -0.15) is 8.42 Å². The molecule has 0 fully saturated rings. The third-order valence-electron chi connectivity index (χ3n) is 4.39. The maximum atomic E-state index is 12.4. The first-order valence-corrected chi connectivity index (χ1v) is 12.8. The predicted octanol–water partition coefficient (Wildman–Crippen LogP) is 5.10. The Hall–Kier alpha value is -2.56. The lowest BCUT2D eigenvalue weighted by atomic mass is 10.2. The van der Waals surface area contributed by atoms with Gasteiger partial charge in [0.15, 0.2) is 0 Å². The molecule has 0 saturated heterocycles. The maximum Gasteiger partial charge on any atom is 0.416 e. The summed E-state index contributed by atoms with van der Waals surface area (Å²) in [6, 6.07) is 11.8. The molecule has 8 nitrogen and oxygen atoms in total. The van der Waals surface area contributed by atoms with Crippen molar-refractivity contribution < 1.29 is 26.9 Å². The van der Waals surface area contributed by atoms with E-state index in [0.29, 0.717) is 16.6 Å². The van der Waals surface area contributed by atoms with Gasteiger partial charge in [-0.1, -0.05) is 30.3 Å². The molecule has 0 saturated carbocycles. The van der Waals surface area contributed by atoms with E-state index in [4.69, 9.17) is 19.4 Å². The van der Waals surface area contributed by atoms with Gasteiger partial charge in [0, 0.05) is 6.42 Å². The molecule has 2 aromatic carbocycles. The predicted molar refractivity (Wildman–Crippen MR) is 134 cm³/mol. The molecule has 2 aromatic rings. The highest BCUT2D eigenvalue weighted by atomic mass is 79.9. The molecule has 0 atom stereocenters. The molecule has 0 bridgehead atoms. The van der Waals surface area contributed by atoms with Crippen molar-refractivity contribution in [3.63, 3.8) is 0 Å². The topological polar surface area (TPSA) is 108 Å². The van der Waals surface area contributed by atoms with Crippen LogP contribution in [-0.4, -0.2) is 38.2 Å². The second kappa shape index (κ2) is 11.7. The van der Waals surface area contributed by atoms with Crippen molar-refractivity contribution >= 4 is 32.1 Å². The lowest BCUT2D eigenvalue weighted by molar-refractivity contribution is 0.0299. The van der Waals surface area contributed by atoms with E-state index in [1.807, 2.05) is 6.92 Å². The Bertz CT molecular complexity index is 1110. The molecule has 1 amide bonds. The fraction of sp³-hybridized carbons (Fsp3) is 0.375. The van der Waals surface area contributed by atoms with Crippen molar-refractivity contribution in [3.8, 4) is 5.75 Å². The number of rotatable bonds is 10. The molecular weight excluding hydrogens is 524 g/mol. The zero-order chi connectivity index (χ0) is 25.5. The number of aryl methyl sites for hydroxylation is 1. The number of hydrogen-bond donors (Lipinski definition) is 1. The molecule has 0 spiro atoms. The molecule has 186 valence electrons. The van der Waals surface area contributed by atoms with Crippen molar-refractivity contribution in [2.45, 2.75) is 51.2 Å². The fourth-order valence-corrected chi connectivity index (χ4v) is 4.21. The second-order valence-electron chi connectivity index (χ2n) is 8.61. The van der Waals surface area contributed by atoms with Gasteiger partial charge in [-0.3, -0.25) is 9.08 Å². The monoisotopic (exact) mass is 554 g/mol. The van der Waals surface area contributed by atoms with Crippen LogP contribution < -0.4 is 10.5 Å². The molecule has 0 radical (unpaired) electrons. The first-order valence-electron chi connectivity index (χ1n) is 10.6. The van der Waals surface area contributed by atoms with Crippen LogP contribution >= 0.6 is 15.9 Å². The summed E-state index contributed by atoms with van der Waals surface area (Å²) >= 11 is 3.46. The van der Waals surface area contributed by atoms with Crippen LogP contribution in [-0.2, 0) is 25.6 Å². The number of nitrogens with zero attached hydrogens (tertiary/aromatic N) is 1. The van der Waals surface area contributed by atoms with Crippen LogP contribution in [0.15, 0.2) is 64.2 Å². The Kier molecular flexibility index (Phi) is 9.54. The molecule has 0 aliphatic rings. The smallest absolute Gasteiger partial charge is 0.416 e. The number of carbonyl (C=O) groups is 1. The van der Waals surface area contributed by atoms with Crippen molar-refractivity contribution in [2.24, 2.45) is 5.73 Å². The van der Waals surface area contributed by atoms with Gasteiger partial charge in [-0.25, -0.2) is 4.79 Å². The van der Waals surface area contributed by atoms with Crippen LogP contribution in [0.4, 0.5) is 4.79 Å². The molecule has 0 heterocycles. The quantitative estimate of drug-likeness (QED) is 0.321. The number of ether oxygens (including phenoxy) is 2. The highest BCUT2D eigenvalue weighted by molar-refractivity contribution is 9.10. The van der Waals surface area contributed by atoms with Gasteiger partial charge in [0.05, 0.1) is 29.1 Å². The van der Waals surface area contributed by atoms with E-state index >= 15 is 0 Å². The molecule has 2 rings (SSSR count). The van der Waals surface area contributed by atoms with Crippen molar-refractivity contribution in [1.82, 2.24) is 4.90 Å². The largest absolute Gasteiger partial charge is 0.492 e. The standard InChI is InChI=1S/C24H31BrN2O6S/c1-17-7-10-20(11-8-17)34(29,30)32-14-6-13-31-22-12-9-19(15-21(22)25)16-27(18(2)26)23(28)33-24(3,4)5/h7-12,15H,2,6,13-14,16,26H2,1,3-5H3. The summed E-state index contributed by atoms with van der Waals surface area (Å²) in [7, 11) is -3.80. The lowest BCUT2D eigenvalue weighted by Gasteiger charge is -2.27. The summed E-state index contributed by atoms with van der Waals surface area (Å²) in [6.45, 7) is 11.3. The van der Waals surface area contributed by atoms with E-state index in [1.165, 1.54) is 17.0 Å². The third kappa shape index (κ3) is 8.66. The second-order valence-corrected chi connectivity index (χ2v) is 11.1. The average molecular weight is 555 g/mol. The van der Waals surface area contributed by atoms with Crippen LogP contribution in [0.1, 0.15) is 38.3 Å². The van der Waals surface area contributed by atoms with Crippen molar-refractivity contribution in [1.29, 1.82) is 0 Å². The minimum Gasteiger partial charge on any atom is -0.492 e. The number of carbonyl (C=O) groups excluding carboxylic acids is 1. The van der Waals surface area contributed by atoms with Crippen LogP contribution in [0, 0.1) is 6.92 Å². The van der Waals surface area contributed by atoms with E-state index < -0.39 is 21.8 Å². The SMILES string of the molecule is C=C(N)N(Cc1ccc(OCCCOS(=O)(=O)c2ccc(C)cc2)c(Br)c1)C(=O)OC(C)(C)C. The summed E-state index contributed by atoms with van der Waals surface area (Å²) in [6.07, 6.45) is -0.212. The van der Waals surface area contributed by atoms with Crippen LogP contribution in [0.25, 0.3) is 0 Å². The zero-order valence-electron chi connectivity index (χ0n) is 19.8. The summed E-state index contributed by atoms with van der Waals surface area (Å²) in [5.74, 6) is 0.645. The van der Waals surface area contributed by atoms with Gasteiger partial charge in [-0.05, 0) is 73.5 Å². The zero-order valence-corrected chi connectivity index (χ0v) is 22.2. The minimum atomic E-state index is -3.80. The van der Waals surface area contributed by atoms with E-state index in [0.717, 1.165) is 11.1 Å². The van der Waals surface area contributed by atoms with E-state index in [1.54, 1.807) is 51.1 Å². The van der Waals surface area contributed by atoms with Gasteiger partial charge in [-0.15, -0.1) is 0 Å². The first-order chi connectivity index (χ1) is 15.8. The summed E-state index contributed by atoms with van der Waals surface area (Å²) < 4.78 is 41.3. The van der Waals surface area contributed by atoms with Crippen LogP contribution in [0.3, 0.4) is 0 Å². The van der Waals surface area contributed by atoms with Gasteiger partial charge >= 0.3 is 6.09 Å².